The summed E-state index contributed by atoms with van der Waals surface area (Å²) in [6, 6.07) is 4.60. The third-order valence-corrected chi connectivity index (χ3v) is 4.19. The van der Waals surface area contributed by atoms with Crippen LogP contribution in [0, 0.1) is 0 Å². The number of aromatic nitrogens is 2. The van der Waals surface area contributed by atoms with Gasteiger partial charge in [0.15, 0.2) is 5.82 Å². The number of amides is 1. The van der Waals surface area contributed by atoms with Gasteiger partial charge in [0.1, 0.15) is 6.04 Å². The van der Waals surface area contributed by atoms with Gasteiger partial charge in [-0.3, -0.25) is 4.79 Å². The summed E-state index contributed by atoms with van der Waals surface area (Å²) >= 11 is 0. The largest absolute Gasteiger partial charge is 0.416 e. The summed E-state index contributed by atoms with van der Waals surface area (Å²) in [6.45, 7) is 3.93. The molecule has 0 aliphatic carbocycles. The molecule has 2 heterocycles. The van der Waals surface area contributed by atoms with Gasteiger partial charge in [0.25, 0.3) is 0 Å². The van der Waals surface area contributed by atoms with Gasteiger partial charge in [0.2, 0.25) is 11.8 Å². The van der Waals surface area contributed by atoms with Crippen molar-refractivity contribution in [2.75, 3.05) is 0 Å². The Balaban J connectivity index is 1.83. The first-order valence-electron chi connectivity index (χ1n) is 8.05. The molecule has 1 aromatic carbocycles. The second kappa shape index (κ2) is 6.50. The average Bonchev–Trinajstić information content (AvgIpc) is 3.15. The second-order valence-electron chi connectivity index (χ2n) is 6.42. The molecule has 2 aromatic rings. The summed E-state index contributed by atoms with van der Waals surface area (Å²) in [5, 5.41) is 3.90. The van der Waals surface area contributed by atoms with Crippen LogP contribution in [0.2, 0.25) is 0 Å². The fourth-order valence-electron chi connectivity index (χ4n) is 2.85. The molecule has 134 valence electrons. The maximum absolute atomic E-state index is 12.9. The van der Waals surface area contributed by atoms with E-state index >= 15 is 0 Å². The molecule has 1 unspecified atom stereocenters. The minimum Gasteiger partial charge on any atom is -0.337 e. The Bertz CT molecular complexity index is 770. The Labute approximate surface area is 142 Å². The van der Waals surface area contributed by atoms with Gasteiger partial charge >= 0.3 is 6.18 Å². The summed E-state index contributed by atoms with van der Waals surface area (Å²) in [5.41, 5.74) is -0.313. The van der Waals surface area contributed by atoms with Gasteiger partial charge in [0, 0.05) is 18.9 Å². The Kier molecular flexibility index (Phi) is 4.53. The molecule has 0 radical (unpaired) electrons. The summed E-state index contributed by atoms with van der Waals surface area (Å²) in [7, 11) is 0. The predicted octanol–water partition coefficient (Wildman–Crippen LogP) is 4.08. The molecule has 1 aliphatic rings. The smallest absolute Gasteiger partial charge is 0.337 e. The lowest BCUT2D eigenvalue weighted by atomic mass is 10.1. The van der Waals surface area contributed by atoms with Gasteiger partial charge in [0.05, 0.1) is 5.56 Å². The lowest BCUT2D eigenvalue weighted by molar-refractivity contribution is -0.137. The van der Waals surface area contributed by atoms with Crippen LogP contribution in [-0.2, 0) is 17.5 Å². The van der Waals surface area contributed by atoms with Gasteiger partial charge in [-0.05, 0) is 24.1 Å². The quantitative estimate of drug-likeness (QED) is 0.831. The zero-order valence-electron chi connectivity index (χ0n) is 13.9. The average molecular weight is 353 g/mol. The van der Waals surface area contributed by atoms with E-state index in [4.69, 9.17) is 4.52 Å². The Hall–Kier alpha value is -2.38. The standard InChI is InChI=1S/C17H18F3N3O2/c1-10(2)15-21-16(25-22-15)13-6-7-14(24)23(13)9-11-4-3-5-12(8-11)17(18,19)20/h3-5,8,10,13H,6-7,9H2,1-2H3. The highest BCUT2D eigenvalue weighted by molar-refractivity contribution is 5.78. The first-order valence-corrected chi connectivity index (χ1v) is 8.05. The molecule has 1 amide bonds. The first kappa shape index (κ1) is 17.4. The fourth-order valence-corrected chi connectivity index (χ4v) is 2.85. The summed E-state index contributed by atoms with van der Waals surface area (Å²) < 4.78 is 43.9. The zero-order chi connectivity index (χ0) is 18.2. The molecule has 1 fully saturated rings. The maximum atomic E-state index is 12.9. The van der Waals surface area contributed by atoms with Crippen molar-refractivity contribution in [2.24, 2.45) is 0 Å². The van der Waals surface area contributed by atoms with E-state index in [2.05, 4.69) is 10.1 Å². The highest BCUT2D eigenvalue weighted by atomic mass is 19.4. The van der Waals surface area contributed by atoms with Crippen molar-refractivity contribution in [1.82, 2.24) is 15.0 Å². The minimum atomic E-state index is -4.41. The van der Waals surface area contributed by atoms with E-state index in [1.54, 1.807) is 6.07 Å². The Morgan fingerprint density at radius 1 is 1.36 bits per heavy atom. The fraction of sp³-hybridized carbons (Fsp3) is 0.471. The van der Waals surface area contributed by atoms with E-state index in [9.17, 15) is 18.0 Å². The molecule has 1 aromatic heterocycles. The van der Waals surface area contributed by atoms with Crippen LogP contribution in [0.15, 0.2) is 28.8 Å². The maximum Gasteiger partial charge on any atom is 0.416 e. The molecule has 3 rings (SSSR count). The Morgan fingerprint density at radius 2 is 2.12 bits per heavy atom. The van der Waals surface area contributed by atoms with Gasteiger partial charge < -0.3 is 9.42 Å². The van der Waals surface area contributed by atoms with Crippen LogP contribution in [0.4, 0.5) is 13.2 Å². The predicted molar refractivity (Wildman–Crippen MR) is 82.4 cm³/mol. The van der Waals surface area contributed by atoms with E-state index in [0.717, 1.165) is 12.1 Å². The number of benzene rings is 1. The highest BCUT2D eigenvalue weighted by Crippen LogP contribution is 2.35. The number of nitrogens with zero attached hydrogens (tertiary/aromatic N) is 3. The van der Waals surface area contributed by atoms with Crippen molar-refractivity contribution in [3.8, 4) is 0 Å². The Morgan fingerprint density at radius 3 is 2.76 bits per heavy atom. The highest BCUT2D eigenvalue weighted by Gasteiger charge is 2.36. The molecule has 1 atom stereocenters. The number of carbonyl (C=O) groups excluding carboxylic acids is 1. The molecular formula is C17H18F3N3O2. The van der Waals surface area contributed by atoms with Crippen LogP contribution in [0.25, 0.3) is 0 Å². The summed E-state index contributed by atoms with van der Waals surface area (Å²) in [5.74, 6) is 0.841. The van der Waals surface area contributed by atoms with Crippen molar-refractivity contribution in [2.45, 2.75) is 51.4 Å². The third kappa shape index (κ3) is 3.67. The third-order valence-electron chi connectivity index (χ3n) is 4.19. The van der Waals surface area contributed by atoms with E-state index < -0.39 is 17.8 Å². The number of likely N-dealkylation sites (tertiary alicyclic amines) is 1. The van der Waals surface area contributed by atoms with Crippen LogP contribution >= 0.6 is 0 Å². The number of carbonyl (C=O) groups is 1. The lowest BCUT2D eigenvalue weighted by Gasteiger charge is -2.22. The molecule has 25 heavy (non-hydrogen) atoms. The molecule has 0 saturated carbocycles. The van der Waals surface area contributed by atoms with Crippen molar-refractivity contribution >= 4 is 5.91 Å². The second-order valence-corrected chi connectivity index (χ2v) is 6.42. The normalized spacial score (nSPS) is 18.4. The molecule has 0 bridgehead atoms. The molecular weight excluding hydrogens is 335 g/mol. The molecule has 8 heteroatoms. The lowest BCUT2D eigenvalue weighted by Crippen LogP contribution is -2.27. The van der Waals surface area contributed by atoms with Crippen molar-refractivity contribution in [1.29, 1.82) is 0 Å². The van der Waals surface area contributed by atoms with Gasteiger partial charge in [-0.1, -0.05) is 31.1 Å². The number of alkyl halides is 3. The number of hydrogen-bond donors (Lipinski definition) is 0. The number of halogens is 3. The minimum absolute atomic E-state index is 0.0762. The summed E-state index contributed by atoms with van der Waals surface area (Å²) in [6.07, 6.45) is -3.59. The van der Waals surface area contributed by atoms with E-state index in [1.165, 1.54) is 11.0 Å². The van der Waals surface area contributed by atoms with Gasteiger partial charge in [-0.15, -0.1) is 0 Å². The topological polar surface area (TPSA) is 59.2 Å². The monoisotopic (exact) mass is 353 g/mol. The van der Waals surface area contributed by atoms with Gasteiger partial charge in [-0.25, -0.2) is 0 Å². The molecule has 1 aliphatic heterocycles. The van der Waals surface area contributed by atoms with Crippen molar-refractivity contribution in [3.05, 3.63) is 47.1 Å². The van der Waals surface area contributed by atoms with Crippen LogP contribution in [-0.4, -0.2) is 20.9 Å². The van der Waals surface area contributed by atoms with Crippen LogP contribution in [0.5, 0.6) is 0 Å². The van der Waals surface area contributed by atoms with E-state index in [-0.39, 0.29) is 18.4 Å². The zero-order valence-corrected chi connectivity index (χ0v) is 13.9. The van der Waals surface area contributed by atoms with Crippen molar-refractivity contribution in [3.63, 3.8) is 0 Å². The van der Waals surface area contributed by atoms with E-state index in [1.807, 2.05) is 13.8 Å². The first-order chi connectivity index (χ1) is 11.8. The van der Waals surface area contributed by atoms with Crippen LogP contribution in [0.1, 0.15) is 61.5 Å². The van der Waals surface area contributed by atoms with Crippen LogP contribution in [0.3, 0.4) is 0 Å². The molecule has 0 spiro atoms. The SMILES string of the molecule is CC(C)c1noc(C2CCC(=O)N2Cc2cccc(C(F)(F)F)c2)n1. The number of rotatable bonds is 4. The van der Waals surface area contributed by atoms with Gasteiger partial charge in [-0.2, -0.15) is 18.2 Å². The van der Waals surface area contributed by atoms with Crippen LogP contribution < -0.4 is 0 Å². The number of hydrogen-bond acceptors (Lipinski definition) is 4. The molecule has 0 N–H and O–H groups in total. The molecule has 1 saturated heterocycles. The van der Waals surface area contributed by atoms with E-state index in [0.29, 0.717) is 30.1 Å². The van der Waals surface area contributed by atoms with Crippen molar-refractivity contribution < 1.29 is 22.5 Å². The summed E-state index contributed by atoms with van der Waals surface area (Å²) in [4.78, 5) is 18.0. The molecule has 5 nitrogen and oxygen atoms in total.